The van der Waals surface area contributed by atoms with Crippen LogP contribution in [0.3, 0.4) is 0 Å². The SMILES string of the molecule is C#CCOC[C@@H](O)CN(CC=C)CC(=O)N1CCc2sccc2[C@H]1COc1ccc(Cl)cc1. The van der Waals surface area contributed by atoms with Crippen molar-refractivity contribution in [3.63, 3.8) is 0 Å². The van der Waals surface area contributed by atoms with Crippen LogP contribution in [0.4, 0.5) is 0 Å². The van der Waals surface area contributed by atoms with Crippen LogP contribution < -0.4 is 4.74 Å². The second kappa shape index (κ2) is 12.8. The van der Waals surface area contributed by atoms with E-state index in [1.165, 1.54) is 4.88 Å². The van der Waals surface area contributed by atoms with E-state index in [1.807, 2.05) is 21.9 Å². The smallest absolute Gasteiger partial charge is 0.237 e. The minimum absolute atomic E-state index is 0.0184. The first-order chi connectivity index (χ1) is 16.0. The number of halogens is 1. The Bertz CT molecular complexity index is 956. The second-order valence-corrected chi connectivity index (χ2v) is 9.21. The highest BCUT2D eigenvalue weighted by Crippen LogP contribution is 2.34. The highest BCUT2D eigenvalue weighted by Gasteiger charge is 2.33. The third kappa shape index (κ3) is 7.32. The fraction of sp³-hybridized carbons (Fsp3) is 0.400. The van der Waals surface area contributed by atoms with Gasteiger partial charge in [-0.1, -0.05) is 23.6 Å². The van der Waals surface area contributed by atoms with E-state index < -0.39 is 6.10 Å². The molecule has 176 valence electrons. The number of ether oxygens (including phenoxy) is 2. The normalized spacial score (nSPS) is 16.2. The fourth-order valence-corrected chi connectivity index (χ4v) is 4.91. The van der Waals surface area contributed by atoms with Crippen LogP contribution in [0.5, 0.6) is 5.75 Å². The summed E-state index contributed by atoms with van der Waals surface area (Å²) in [7, 11) is 0. The Morgan fingerprint density at radius 1 is 1.42 bits per heavy atom. The number of carbonyl (C=O) groups excluding carboxylic acids is 1. The van der Waals surface area contributed by atoms with Crippen LogP contribution in [0.25, 0.3) is 0 Å². The van der Waals surface area contributed by atoms with Crippen LogP contribution in [0.1, 0.15) is 16.5 Å². The molecule has 1 N–H and O–H groups in total. The van der Waals surface area contributed by atoms with Crippen molar-refractivity contribution in [1.82, 2.24) is 9.80 Å². The van der Waals surface area contributed by atoms with E-state index in [-0.39, 0.29) is 38.3 Å². The molecule has 0 unspecified atom stereocenters. The average molecular weight is 489 g/mol. The van der Waals surface area contributed by atoms with Gasteiger partial charge in [-0.25, -0.2) is 0 Å². The zero-order valence-corrected chi connectivity index (χ0v) is 20.1. The quantitative estimate of drug-likeness (QED) is 0.282. The Balaban J connectivity index is 1.67. The molecule has 2 heterocycles. The number of fused-ring (bicyclic) bond motifs is 1. The predicted molar refractivity (Wildman–Crippen MR) is 132 cm³/mol. The lowest BCUT2D eigenvalue weighted by atomic mass is 10.0. The van der Waals surface area contributed by atoms with Gasteiger partial charge in [-0.15, -0.1) is 24.3 Å². The van der Waals surface area contributed by atoms with Crippen molar-refractivity contribution < 1.29 is 19.4 Å². The summed E-state index contributed by atoms with van der Waals surface area (Å²) in [6.07, 6.45) is 6.96. The maximum Gasteiger partial charge on any atom is 0.237 e. The van der Waals surface area contributed by atoms with Crippen LogP contribution in [0.15, 0.2) is 48.4 Å². The zero-order valence-electron chi connectivity index (χ0n) is 18.5. The van der Waals surface area contributed by atoms with E-state index in [1.54, 1.807) is 29.5 Å². The van der Waals surface area contributed by atoms with Gasteiger partial charge in [0.05, 0.1) is 25.3 Å². The molecular weight excluding hydrogens is 460 g/mol. The third-order valence-electron chi connectivity index (χ3n) is 5.35. The molecule has 1 aromatic carbocycles. The Morgan fingerprint density at radius 3 is 2.94 bits per heavy atom. The summed E-state index contributed by atoms with van der Waals surface area (Å²) in [6, 6.07) is 9.09. The summed E-state index contributed by atoms with van der Waals surface area (Å²) < 4.78 is 11.2. The molecule has 1 aliphatic heterocycles. The average Bonchev–Trinajstić information content (AvgIpc) is 3.28. The third-order valence-corrected chi connectivity index (χ3v) is 6.60. The summed E-state index contributed by atoms with van der Waals surface area (Å²) in [5.74, 6) is 3.06. The number of thiophene rings is 1. The lowest BCUT2D eigenvalue weighted by Crippen LogP contribution is -2.48. The van der Waals surface area contributed by atoms with E-state index >= 15 is 0 Å². The number of amides is 1. The zero-order chi connectivity index (χ0) is 23.6. The topological polar surface area (TPSA) is 62.2 Å². The molecule has 0 saturated carbocycles. The fourth-order valence-electron chi connectivity index (χ4n) is 3.85. The first kappa shape index (κ1) is 25.3. The summed E-state index contributed by atoms with van der Waals surface area (Å²) >= 11 is 7.68. The summed E-state index contributed by atoms with van der Waals surface area (Å²) in [4.78, 5) is 18.4. The van der Waals surface area contributed by atoms with Gasteiger partial charge in [0.15, 0.2) is 0 Å². The molecule has 33 heavy (non-hydrogen) atoms. The summed E-state index contributed by atoms with van der Waals surface area (Å²) in [6.45, 7) is 5.92. The van der Waals surface area contributed by atoms with Crippen molar-refractivity contribution >= 4 is 28.8 Å². The minimum atomic E-state index is -0.750. The highest BCUT2D eigenvalue weighted by molar-refractivity contribution is 7.10. The monoisotopic (exact) mass is 488 g/mol. The molecule has 8 heteroatoms. The van der Waals surface area contributed by atoms with E-state index in [0.717, 1.165) is 12.0 Å². The van der Waals surface area contributed by atoms with Gasteiger partial charge in [0.2, 0.25) is 5.91 Å². The number of rotatable bonds is 12. The van der Waals surface area contributed by atoms with Gasteiger partial charge in [0.1, 0.15) is 19.0 Å². The van der Waals surface area contributed by atoms with Gasteiger partial charge >= 0.3 is 0 Å². The molecule has 2 aromatic rings. The van der Waals surface area contributed by atoms with E-state index in [9.17, 15) is 9.90 Å². The molecule has 0 bridgehead atoms. The van der Waals surface area contributed by atoms with Crippen LogP contribution in [0, 0.1) is 12.3 Å². The molecule has 0 spiro atoms. The molecule has 2 atom stereocenters. The first-order valence-corrected chi connectivity index (χ1v) is 12.0. The van der Waals surface area contributed by atoms with Crippen molar-refractivity contribution in [2.24, 2.45) is 0 Å². The number of benzene rings is 1. The van der Waals surface area contributed by atoms with Crippen molar-refractivity contribution in [2.75, 3.05) is 46.0 Å². The van der Waals surface area contributed by atoms with Crippen molar-refractivity contribution in [1.29, 1.82) is 0 Å². The summed E-state index contributed by atoms with van der Waals surface area (Å²) in [5, 5.41) is 13.0. The van der Waals surface area contributed by atoms with Crippen molar-refractivity contribution in [3.8, 4) is 18.1 Å². The van der Waals surface area contributed by atoms with E-state index in [0.29, 0.717) is 30.5 Å². The van der Waals surface area contributed by atoms with Gasteiger partial charge in [-0.2, -0.15) is 0 Å². The van der Waals surface area contributed by atoms with Crippen molar-refractivity contribution in [2.45, 2.75) is 18.6 Å². The van der Waals surface area contributed by atoms with Crippen LogP contribution in [-0.2, 0) is 16.0 Å². The number of hydrogen-bond acceptors (Lipinski definition) is 6. The minimum Gasteiger partial charge on any atom is -0.491 e. The Kier molecular flexibility index (Phi) is 9.79. The van der Waals surface area contributed by atoms with Gasteiger partial charge < -0.3 is 19.5 Å². The highest BCUT2D eigenvalue weighted by atomic mass is 35.5. The Labute approximate surface area is 204 Å². The van der Waals surface area contributed by atoms with Crippen LogP contribution in [-0.4, -0.2) is 72.9 Å². The lowest BCUT2D eigenvalue weighted by Gasteiger charge is -2.37. The molecule has 0 aliphatic carbocycles. The van der Waals surface area contributed by atoms with Gasteiger partial charge in [-0.05, 0) is 47.7 Å². The first-order valence-electron chi connectivity index (χ1n) is 10.8. The number of aliphatic hydroxyl groups excluding tert-OH is 1. The largest absolute Gasteiger partial charge is 0.491 e. The van der Waals surface area contributed by atoms with Crippen molar-refractivity contribution in [3.05, 3.63) is 63.8 Å². The van der Waals surface area contributed by atoms with Crippen LogP contribution >= 0.6 is 22.9 Å². The van der Waals surface area contributed by atoms with Gasteiger partial charge in [0, 0.05) is 29.5 Å². The molecule has 0 saturated heterocycles. The number of terminal acetylenes is 1. The lowest BCUT2D eigenvalue weighted by molar-refractivity contribution is -0.136. The van der Waals surface area contributed by atoms with Crippen LogP contribution in [0.2, 0.25) is 5.02 Å². The number of nitrogens with zero attached hydrogens (tertiary/aromatic N) is 2. The molecule has 0 radical (unpaired) electrons. The van der Waals surface area contributed by atoms with Gasteiger partial charge in [0.25, 0.3) is 0 Å². The maximum atomic E-state index is 13.4. The molecule has 1 aliphatic rings. The maximum absolute atomic E-state index is 13.4. The Morgan fingerprint density at radius 2 is 2.21 bits per heavy atom. The predicted octanol–water partition coefficient (Wildman–Crippen LogP) is 3.41. The van der Waals surface area contributed by atoms with Gasteiger partial charge in [-0.3, -0.25) is 9.69 Å². The summed E-state index contributed by atoms with van der Waals surface area (Å²) in [5.41, 5.74) is 1.13. The number of aliphatic hydroxyl groups is 1. The number of carbonyl (C=O) groups is 1. The molecular formula is C25H29ClN2O4S. The molecule has 0 fully saturated rings. The molecule has 1 amide bonds. The molecule has 6 nitrogen and oxygen atoms in total. The van der Waals surface area contributed by atoms with E-state index in [2.05, 4.69) is 23.9 Å². The number of hydrogen-bond donors (Lipinski definition) is 1. The standard InChI is InChI=1S/C25H29ClN2O4S/c1-3-11-27(15-20(29)17-31-13-4-2)16-25(30)28-12-9-24-22(10-14-33-24)23(28)18-32-21-7-5-19(26)6-8-21/h2-3,5-8,10,14,20,23,29H,1,9,11-13,15-18H2/t20-,23+/m0/s1. The second-order valence-electron chi connectivity index (χ2n) is 7.77. The molecule has 1 aromatic heterocycles. The Hall–Kier alpha value is -2.34. The molecule has 3 rings (SSSR count). The van der Waals surface area contributed by atoms with E-state index in [4.69, 9.17) is 27.5 Å².